The number of carbonyl (C=O) groups is 1. The standard InChI is InChI=1S/C28H40O5Si2/c1-17(2)27(5,6)34-32-22-12-20(13-23(15-22)33-35-28(7,8)18(3)4)24-14-21-10-19(16-29)11-25(30-9)26(21)31-24/h10-18H,34-35H2,1-9H3. The molecule has 0 spiro atoms. The van der Waals surface area contributed by atoms with E-state index < -0.39 is 19.5 Å². The van der Waals surface area contributed by atoms with E-state index in [0.29, 0.717) is 34.5 Å². The fourth-order valence-electron chi connectivity index (χ4n) is 3.26. The second kappa shape index (κ2) is 10.6. The van der Waals surface area contributed by atoms with Gasteiger partial charge in [-0.1, -0.05) is 55.4 Å². The molecule has 190 valence electrons. The van der Waals surface area contributed by atoms with Crippen molar-refractivity contribution in [2.75, 3.05) is 7.11 Å². The van der Waals surface area contributed by atoms with Gasteiger partial charge in [-0.2, -0.15) is 0 Å². The summed E-state index contributed by atoms with van der Waals surface area (Å²) in [6, 6.07) is 11.5. The van der Waals surface area contributed by atoms with Gasteiger partial charge < -0.3 is 18.0 Å². The van der Waals surface area contributed by atoms with Crippen molar-refractivity contribution in [2.45, 2.75) is 65.5 Å². The molecule has 0 amide bonds. The molecule has 3 aromatic rings. The van der Waals surface area contributed by atoms with Crippen LogP contribution in [0.25, 0.3) is 22.3 Å². The molecular weight excluding hydrogens is 472 g/mol. The average molecular weight is 513 g/mol. The number of hydrogen-bond donors (Lipinski definition) is 0. The van der Waals surface area contributed by atoms with Crippen LogP contribution in [0, 0.1) is 11.8 Å². The van der Waals surface area contributed by atoms with E-state index in [4.69, 9.17) is 18.0 Å². The number of fused-ring (bicyclic) bond motifs is 1. The SMILES string of the molecule is COc1cc(C=O)cc2cc(-c3cc(O[SiH2]C(C)(C)C(C)C)cc(O[SiH2]C(C)(C)C(C)C)c3)oc12. The molecule has 0 N–H and O–H groups in total. The average Bonchev–Trinajstić information content (AvgIpc) is 3.25. The molecule has 3 rings (SSSR count). The lowest BCUT2D eigenvalue weighted by Gasteiger charge is -2.29. The van der Waals surface area contributed by atoms with E-state index >= 15 is 0 Å². The van der Waals surface area contributed by atoms with Gasteiger partial charge in [0.15, 0.2) is 11.3 Å². The minimum atomic E-state index is -0.849. The maximum Gasteiger partial charge on any atom is 0.225 e. The van der Waals surface area contributed by atoms with Crippen molar-refractivity contribution in [3.8, 4) is 28.6 Å². The smallest absolute Gasteiger partial charge is 0.225 e. The van der Waals surface area contributed by atoms with Crippen molar-refractivity contribution in [2.24, 2.45) is 11.8 Å². The van der Waals surface area contributed by atoms with Crippen molar-refractivity contribution in [1.29, 1.82) is 0 Å². The predicted molar refractivity (Wildman–Crippen MR) is 150 cm³/mol. The highest BCUT2D eigenvalue weighted by atomic mass is 28.2. The third kappa shape index (κ3) is 6.38. The summed E-state index contributed by atoms with van der Waals surface area (Å²) in [6.45, 7) is 18.1. The lowest BCUT2D eigenvalue weighted by Crippen LogP contribution is -2.25. The van der Waals surface area contributed by atoms with Crippen LogP contribution in [-0.4, -0.2) is 32.9 Å². The highest BCUT2D eigenvalue weighted by molar-refractivity contribution is 6.33. The van der Waals surface area contributed by atoms with Gasteiger partial charge in [-0.25, -0.2) is 0 Å². The van der Waals surface area contributed by atoms with Gasteiger partial charge in [0.1, 0.15) is 23.5 Å². The predicted octanol–water partition coefficient (Wildman–Crippen LogP) is 6.56. The van der Waals surface area contributed by atoms with Crippen LogP contribution >= 0.6 is 0 Å². The zero-order valence-corrected chi connectivity index (χ0v) is 25.5. The Labute approximate surface area is 214 Å². The van der Waals surface area contributed by atoms with Crippen molar-refractivity contribution >= 4 is 36.8 Å². The van der Waals surface area contributed by atoms with Gasteiger partial charge >= 0.3 is 0 Å². The summed E-state index contributed by atoms with van der Waals surface area (Å²) < 4.78 is 24.6. The van der Waals surface area contributed by atoms with Crippen LogP contribution in [0.15, 0.2) is 40.8 Å². The summed E-state index contributed by atoms with van der Waals surface area (Å²) in [5, 5.41) is 1.16. The summed E-state index contributed by atoms with van der Waals surface area (Å²) in [5.41, 5.74) is 2.05. The van der Waals surface area contributed by atoms with E-state index in [2.05, 4.69) is 55.4 Å². The molecule has 0 atom stereocenters. The summed E-state index contributed by atoms with van der Waals surface area (Å²) in [5.74, 6) is 3.94. The summed E-state index contributed by atoms with van der Waals surface area (Å²) in [7, 11) is -0.120. The second-order valence-electron chi connectivity index (χ2n) is 11.4. The number of hydrogen-bond acceptors (Lipinski definition) is 5. The molecule has 2 aromatic carbocycles. The molecule has 0 aliphatic heterocycles. The molecule has 7 heteroatoms. The zero-order valence-electron chi connectivity index (χ0n) is 22.7. The minimum absolute atomic E-state index is 0.170. The van der Waals surface area contributed by atoms with E-state index in [9.17, 15) is 4.79 Å². The number of aldehydes is 1. The first-order chi connectivity index (χ1) is 16.4. The fourth-order valence-corrected chi connectivity index (χ4v) is 5.33. The fraction of sp³-hybridized carbons (Fsp3) is 0.464. The number of furan rings is 1. The van der Waals surface area contributed by atoms with Crippen LogP contribution in [0.2, 0.25) is 10.1 Å². The number of ether oxygens (including phenoxy) is 1. The largest absolute Gasteiger partial charge is 0.549 e. The van der Waals surface area contributed by atoms with Crippen molar-refractivity contribution in [1.82, 2.24) is 0 Å². The zero-order chi connectivity index (χ0) is 26.0. The molecule has 1 heterocycles. The summed E-state index contributed by atoms with van der Waals surface area (Å²) in [6.07, 6.45) is 0.817. The van der Waals surface area contributed by atoms with E-state index in [1.54, 1.807) is 13.2 Å². The minimum Gasteiger partial charge on any atom is -0.549 e. The normalized spacial score (nSPS) is 13.1. The highest BCUT2D eigenvalue weighted by Crippen LogP contribution is 2.39. The van der Waals surface area contributed by atoms with Crippen LogP contribution in [0.3, 0.4) is 0 Å². The Balaban J connectivity index is 2.02. The number of benzene rings is 2. The Morgan fingerprint density at radius 2 is 1.37 bits per heavy atom. The van der Waals surface area contributed by atoms with Crippen molar-refractivity contribution in [3.63, 3.8) is 0 Å². The molecule has 35 heavy (non-hydrogen) atoms. The molecule has 5 nitrogen and oxygen atoms in total. The molecule has 0 unspecified atom stereocenters. The van der Waals surface area contributed by atoms with Crippen LogP contribution in [0.5, 0.6) is 17.2 Å². The lowest BCUT2D eigenvalue weighted by molar-refractivity contribution is 0.112. The molecule has 0 aliphatic carbocycles. The Morgan fingerprint density at radius 1 is 0.829 bits per heavy atom. The lowest BCUT2D eigenvalue weighted by atomic mass is 9.99. The van der Waals surface area contributed by atoms with Crippen LogP contribution in [0.4, 0.5) is 0 Å². The first-order valence-corrected chi connectivity index (χ1v) is 14.9. The van der Waals surface area contributed by atoms with Crippen molar-refractivity contribution < 1.29 is 22.8 Å². The molecule has 0 saturated heterocycles. The third-order valence-corrected chi connectivity index (χ3v) is 11.5. The number of methoxy groups -OCH3 is 1. The first kappa shape index (κ1) is 27.1. The van der Waals surface area contributed by atoms with Crippen LogP contribution in [0.1, 0.15) is 65.7 Å². The summed E-state index contributed by atoms with van der Waals surface area (Å²) >= 11 is 0. The van der Waals surface area contributed by atoms with Gasteiger partial charge in [0.2, 0.25) is 19.5 Å². The third-order valence-electron chi connectivity index (χ3n) is 7.47. The van der Waals surface area contributed by atoms with E-state index in [0.717, 1.165) is 28.7 Å². The Hall–Kier alpha value is -2.52. The van der Waals surface area contributed by atoms with E-state index in [1.807, 2.05) is 30.3 Å². The Kier molecular flexibility index (Phi) is 8.22. The molecule has 0 fully saturated rings. The molecule has 0 saturated carbocycles. The van der Waals surface area contributed by atoms with Gasteiger partial charge in [-0.3, -0.25) is 4.79 Å². The highest BCUT2D eigenvalue weighted by Gasteiger charge is 2.26. The van der Waals surface area contributed by atoms with Gasteiger partial charge in [0.05, 0.1) is 7.11 Å². The number of carbonyl (C=O) groups excluding carboxylic acids is 1. The van der Waals surface area contributed by atoms with Gasteiger partial charge in [0.25, 0.3) is 0 Å². The van der Waals surface area contributed by atoms with Crippen LogP contribution in [-0.2, 0) is 0 Å². The van der Waals surface area contributed by atoms with Gasteiger partial charge in [-0.05, 0) is 52.2 Å². The van der Waals surface area contributed by atoms with Crippen LogP contribution < -0.4 is 13.6 Å². The molecule has 0 bridgehead atoms. The quantitative estimate of drug-likeness (QED) is 0.215. The van der Waals surface area contributed by atoms with Crippen molar-refractivity contribution in [3.05, 3.63) is 42.0 Å². The van der Waals surface area contributed by atoms with E-state index in [-0.39, 0.29) is 10.1 Å². The van der Waals surface area contributed by atoms with Gasteiger partial charge in [0, 0.05) is 22.6 Å². The molecule has 0 aliphatic rings. The molecule has 1 aromatic heterocycles. The molecule has 0 radical (unpaired) electrons. The Morgan fingerprint density at radius 3 is 1.83 bits per heavy atom. The number of rotatable bonds is 11. The monoisotopic (exact) mass is 512 g/mol. The Bertz CT molecular complexity index is 1140. The second-order valence-corrected chi connectivity index (χ2v) is 16.2. The topological polar surface area (TPSA) is 57.9 Å². The first-order valence-electron chi connectivity index (χ1n) is 12.3. The maximum absolute atomic E-state index is 11.4. The maximum atomic E-state index is 11.4. The van der Waals surface area contributed by atoms with E-state index in [1.165, 1.54) is 0 Å². The summed E-state index contributed by atoms with van der Waals surface area (Å²) in [4.78, 5) is 11.4. The molecular formula is C28H40O5Si2. The van der Waals surface area contributed by atoms with Gasteiger partial charge in [-0.15, -0.1) is 0 Å².